The predicted octanol–water partition coefficient (Wildman–Crippen LogP) is 2.15. The van der Waals surface area contributed by atoms with E-state index in [1.807, 2.05) is 0 Å². The Labute approximate surface area is 158 Å². The number of likely N-dealkylation sites (tertiary alicyclic amines) is 2. The monoisotopic (exact) mass is 438 g/mol. The van der Waals surface area contributed by atoms with Crippen LogP contribution in [0.25, 0.3) is 0 Å². The average Bonchev–Trinajstić information content (AvgIpc) is 2.92. The lowest BCUT2D eigenvalue weighted by Gasteiger charge is -2.30. The van der Waals surface area contributed by atoms with Gasteiger partial charge >= 0.3 is 0 Å². The van der Waals surface area contributed by atoms with Crippen LogP contribution in [-0.4, -0.2) is 72.8 Å². The highest BCUT2D eigenvalue weighted by Crippen LogP contribution is 2.15. The number of aliphatic hydroxyl groups is 1. The predicted molar refractivity (Wildman–Crippen MR) is 108 cm³/mol. The third-order valence-electron chi connectivity index (χ3n) is 4.68. The number of hydrogen-bond donors (Lipinski definition) is 2. The summed E-state index contributed by atoms with van der Waals surface area (Å²) in [6.07, 6.45) is 5.81. The van der Waals surface area contributed by atoms with Crippen molar-refractivity contribution in [2.45, 2.75) is 52.1 Å². The molecule has 0 radical (unpaired) electrons. The lowest BCUT2D eigenvalue weighted by Crippen LogP contribution is -2.40. The number of nitrogens with zero attached hydrogens (tertiary/aromatic N) is 3. The number of halogens is 1. The number of β-amino-alcohol motifs (C(OH)–C–C–N with tert-alkyl or cyclic N) is 1. The molecular weight excluding hydrogens is 403 g/mol. The van der Waals surface area contributed by atoms with E-state index in [1.54, 1.807) is 0 Å². The molecule has 2 fully saturated rings. The van der Waals surface area contributed by atoms with E-state index in [1.165, 1.54) is 38.9 Å². The third kappa shape index (κ3) is 7.56. The maximum absolute atomic E-state index is 9.66. The van der Waals surface area contributed by atoms with E-state index < -0.39 is 0 Å². The lowest BCUT2D eigenvalue weighted by molar-refractivity contribution is 0.181. The number of rotatable bonds is 6. The van der Waals surface area contributed by atoms with E-state index in [0.29, 0.717) is 0 Å². The van der Waals surface area contributed by atoms with Crippen LogP contribution in [0.2, 0.25) is 0 Å². The van der Waals surface area contributed by atoms with Gasteiger partial charge in [0.1, 0.15) is 0 Å². The Balaban J connectivity index is 0.00000264. The van der Waals surface area contributed by atoms with Crippen molar-refractivity contribution in [3.8, 4) is 0 Å². The Kier molecular flexibility index (Phi) is 10.5. The van der Waals surface area contributed by atoms with Gasteiger partial charge in [-0.15, -0.1) is 24.0 Å². The van der Waals surface area contributed by atoms with Gasteiger partial charge in [-0.25, -0.2) is 0 Å². The second kappa shape index (κ2) is 11.5. The summed E-state index contributed by atoms with van der Waals surface area (Å²) in [7, 11) is 0. The second-order valence-electron chi connectivity index (χ2n) is 6.88. The number of nitrogens with one attached hydrogen (secondary N) is 1. The first kappa shape index (κ1) is 21.0. The van der Waals surface area contributed by atoms with Crippen LogP contribution in [-0.2, 0) is 0 Å². The summed E-state index contributed by atoms with van der Waals surface area (Å²) < 4.78 is 0. The average molecular weight is 438 g/mol. The Morgan fingerprint density at radius 3 is 2.70 bits per heavy atom. The van der Waals surface area contributed by atoms with Crippen molar-refractivity contribution in [1.82, 2.24) is 15.1 Å². The van der Waals surface area contributed by atoms with Gasteiger partial charge in [0, 0.05) is 32.7 Å². The Morgan fingerprint density at radius 2 is 2.04 bits per heavy atom. The second-order valence-corrected chi connectivity index (χ2v) is 6.88. The summed E-state index contributed by atoms with van der Waals surface area (Å²) in [6, 6.07) is 0. The highest BCUT2D eigenvalue weighted by molar-refractivity contribution is 14.0. The zero-order valence-corrected chi connectivity index (χ0v) is 17.2. The first-order valence-electron chi connectivity index (χ1n) is 9.12. The van der Waals surface area contributed by atoms with Crippen LogP contribution in [0.5, 0.6) is 0 Å². The maximum atomic E-state index is 9.66. The molecule has 0 saturated carbocycles. The van der Waals surface area contributed by atoms with Gasteiger partial charge in [0.05, 0.1) is 6.10 Å². The summed E-state index contributed by atoms with van der Waals surface area (Å²) in [5.74, 6) is 1.85. The summed E-state index contributed by atoms with van der Waals surface area (Å²) in [6.45, 7) is 11.6. The molecule has 2 heterocycles. The summed E-state index contributed by atoms with van der Waals surface area (Å²) in [5.41, 5.74) is 0. The van der Waals surface area contributed by atoms with Crippen molar-refractivity contribution in [2.24, 2.45) is 10.9 Å². The zero-order chi connectivity index (χ0) is 15.8. The van der Waals surface area contributed by atoms with Crippen molar-refractivity contribution in [3.63, 3.8) is 0 Å². The minimum absolute atomic E-state index is 0. The van der Waals surface area contributed by atoms with Gasteiger partial charge in [-0.05, 0) is 58.0 Å². The minimum atomic E-state index is -0.190. The highest BCUT2D eigenvalue weighted by atomic mass is 127. The molecule has 0 aliphatic carbocycles. The molecular formula is C17H35IN4O. The van der Waals surface area contributed by atoms with Crippen LogP contribution in [0.4, 0.5) is 0 Å². The summed E-state index contributed by atoms with van der Waals surface area (Å²) in [5, 5.41) is 13.0. The zero-order valence-electron chi connectivity index (χ0n) is 14.8. The molecule has 23 heavy (non-hydrogen) atoms. The molecule has 2 aliphatic rings. The van der Waals surface area contributed by atoms with Crippen LogP contribution >= 0.6 is 24.0 Å². The van der Waals surface area contributed by atoms with Crippen LogP contribution in [0.1, 0.15) is 46.0 Å². The smallest absolute Gasteiger partial charge is 0.194 e. The molecule has 5 nitrogen and oxygen atoms in total. The van der Waals surface area contributed by atoms with Gasteiger partial charge in [0.25, 0.3) is 0 Å². The van der Waals surface area contributed by atoms with Crippen LogP contribution < -0.4 is 5.32 Å². The molecule has 1 unspecified atom stereocenters. The Morgan fingerprint density at radius 1 is 1.22 bits per heavy atom. The molecule has 2 atom stereocenters. The molecule has 0 aromatic heterocycles. The van der Waals surface area contributed by atoms with Gasteiger partial charge in [-0.1, -0.05) is 6.92 Å². The van der Waals surface area contributed by atoms with Gasteiger partial charge in [-0.3, -0.25) is 4.99 Å². The first-order chi connectivity index (χ1) is 10.7. The fourth-order valence-electron chi connectivity index (χ4n) is 3.48. The van der Waals surface area contributed by atoms with E-state index >= 15 is 0 Å². The Bertz CT molecular complexity index is 353. The SMILES string of the molecule is CCNC(=NCCCCN1CCCC(C)C1)N1CC[C@@H](O)C1.I. The molecule has 2 N–H and O–H groups in total. The molecule has 0 aromatic rings. The summed E-state index contributed by atoms with van der Waals surface area (Å²) in [4.78, 5) is 9.52. The Hall–Kier alpha value is -0.0800. The number of guanidine groups is 1. The van der Waals surface area contributed by atoms with Gasteiger partial charge in [0.15, 0.2) is 5.96 Å². The fourth-order valence-corrected chi connectivity index (χ4v) is 3.48. The van der Waals surface area contributed by atoms with Crippen LogP contribution in [0.15, 0.2) is 4.99 Å². The van der Waals surface area contributed by atoms with Crippen molar-refractivity contribution in [3.05, 3.63) is 0 Å². The van der Waals surface area contributed by atoms with E-state index in [-0.39, 0.29) is 30.1 Å². The number of unbranched alkanes of at least 4 members (excludes halogenated alkanes) is 1. The molecule has 2 saturated heterocycles. The van der Waals surface area contributed by atoms with E-state index in [9.17, 15) is 5.11 Å². The van der Waals surface area contributed by atoms with Gasteiger partial charge in [-0.2, -0.15) is 0 Å². The molecule has 2 rings (SSSR count). The van der Waals surface area contributed by atoms with Gasteiger partial charge in [0.2, 0.25) is 0 Å². The molecule has 0 aromatic carbocycles. The van der Waals surface area contributed by atoms with Crippen molar-refractivity contribution < 1.29 is 5.11 Å². The maximum Gasteiger partial charge on any atom is 0.194 e. The fraction of sp³-hybridized carbons (Fsp3) is 0.941. The normalized spacial score (nSPS) is 26.2. The molecule has 0 bridgehead atoms. The van der Waals surface area contributed by atoms with E-state index in [2.05, 4.69) is 29.0 Å². The summed E-state index contributed by atoms with van der Waals surface area (Å²) >= 11 is 0. The highest BCUT2D eigenvalue weighted by Gasteiger charge is 2.22. The first-order valence-corrected chi connectivity index (χ1v) is 9.12. The third-order valence-corrected chi connectivity index (χ3v) is 4.68. The van der Waals surface area contributed by atoms with E-state index in [0.717, 1.165) is 50.9 Å². The molecule has 136 valence electrons. The van der Waals surface area contributed by atoms with Crippen LogP contribution in [0, 0.1) is 5.92 Å². The van der Waals surface area contributed by atoms with Crippen molar-refractivity contribution >= 4 is 29.9 Å². The molecule has 2 aliphatic heterocycles. The quantitative estimate of drug-likeness (QED) is 0.289. The number of aliphatic hydroxyl groups excluding tert-OH is 1. The van der Waals surface area contributed by atoms with Crippen molar-refractivity contribution in [2.75, 3.05) is 45.8 Å². The van der Waals surface area contributed by atoms with Crippen LogP contribution in [0.3, 0.4) is 0 Å². The van der Waals surface area contributed by atoms with Gasteiger partial charge < -0.3 is 20.2 Å². The lowest BCUT2D eigenvalue weighted by atomic mass is 10.0. The standard InChI is InChI=1S/C17H34N4O.HI/c1-3-18-17(21-12-8-16(22)14-21)19-9-4-5-10-20-11-6-7-15(2)13-20;/h15-16,22H,3-14H2,1-2H3,(H,18,19);1H/t15?,16-;/m1./s1. The number of aliphatic imine (C=N–C) groups is 1. The number of piperidine rings is 1. The van der Waals surface area contributed by atoms with Crippen molar-refractivity contribution in [1.29, 1.82) is 0 Å². The molecule has 0 amide bonds. The molecule has 0 spiro atoms. The topological polar surface area (TPSA) is 51.1 Å². The number of hydrogen-bond acceptors (Lipinski definition) is 3. The minimum Gasteiger partial charge on any atom is -0.391 e. The van der Waals surface area contributed by atoms with E-state index in [4.69, 9.17) is 4.99 Å². The molecule has 6 heteroatoms. The largest absolute Gasteiger partial charge is 0.391 e.